The summed E-state index contributed by atoms with van der Waals surface area (Å²) in [5.41, 5.74) is 1.11. The number of hydrogen-bond donors (Lipinski definition) is 0. The zero-order valence-corrected chi connectivity index (χ0v) is 12.1. The Hall–Kier alpha value is -1.02. The predicted octanol–water partition coefficient (Wildman–Crippen LogP) is 4.60. The summed E-state index contributed by atoms with van der Waals surface area (Å²) in [4.78, 5) is 11.4. The van der Waals surface area contributed by atoms with Gasteiger partial charge in [0.15, 0.2) is 0 Å². The van der Waals surface area contributed by atoms with Crippen molar-refractivity contribution in [3.63, 3.8) is 0 Å². The van der Waals surface area contributed by atoms with Crippen LogP contribution in [-0.4, -0.2) is 12.9 Å². The van der Waals surface area contributed by atoms with E-state index >= 15 is 0 Å². The van der Waals surface area contributed by atoms with Crippen molar-refractivity contribution in [2.75, 3.05) is 7.11 Å². The van der Waals surface area contributed by atoms with Crippen molar-refractivity contribution in [3.05, 3.63) is 28.8 Å². The Morgan fingerprint density at radius 2 is 2.11 bits per heavy atom. The van der Waals surface area contributed by atoms with Gasteiger partial charge in [-0.15, -0.1) is 0 Å². The highest BCUT2D eigenvalue weighted by Crippen LogP contribution is 2.33. The largest absolute Gasteiger partial charge is 0.497 e. The van der Waals surface area contributed by atoms with Crippen LogP contribution in [0.15, 0.2) is 18.2 Å². The molecule has 0 amide bonds. The Bertz CT molecular complexity index is 401. The lowest BCUT2D eigenvalue weighted by molar-refractivity contribution is -0.118. The van der Waals surface area contributed by atoms with Crippen molar-refractivity contribution in [2.45, 2.75) is 45.4 Å². The van der Waals surface area contributed by atoms with Gasteiger partial charge in [0.2, 0.25) is 0 Å². The number of ether oxygens (including phenoxy) is 1. The minimum absolute atomic E-state index is 0.318. The van der Waals surface area contributed by atoms with Crippen molar-refractivity contribution < 1.29 is 9.53 Å². The predicted molar refractivity (Wildman–Crippen MR) is 75.6 cm³/mol. The van der Waals surface area contributed by atoms with Gasteiger partial charge in [-0.25, -0.2) is 0 Å². The van der Waals surface area contributed by atoms with Crippen molar-refractivity contribution in [1.82, 2.24) is 0 Å². The number of methoxy groups -OCH3 is 1. The number of hydrogen-bond acceptors (Lipinski definition) is 2. The molecule has 0 spiro atoms. The molecule has 2 nitrogen and oxygen atoms in total. The monoisotopic (exact) mass is 268 g/mol. The van der Waals surface area contributed by atoms with E-state index in [0.29, 0.717) is 24.5 Å². The molecule has 0 aromatic heterocycles. The van der Waals surface area contributed by atoms with Crippen LogP contribution in [-0.2, 0) is 4.79 Å². The second-order valence-corrected chi connectivity index (χ2v) is 4.83. The first-order valence-electron chi connectivity index (χ1n) is 6.47. The van der Waals surface area contributed by atoms with Crippen LogP contribution < -0.4 is 4.74 Å². The number of rotatable bonds is 7. The number of halogens is 1. The molecule has 1 unspecified atom stereocenters. The molecule has 1 aromatic carbocycles. The Labute approximate surface area is 114 Å². The maximum absolute atomic E-state index is 11.4. The molecule has 0 bridgehead atoms. The molecule has 0 heterocycles. The number of carbonyl (C=O) groups is 1. The van der Waals surface area contributed by atoms with Crippen molar-refractivity contribution in [1.29, 1.82) is 0 Å². The average Bonchev–Trinajstić information content (AvgIpc) is 2.40. The Morgan fingerprint density at radius 1 is 1.39 bits per heavy atom. The first-order chi connectivity index (χ1) is 8.62. The molecule has 0 aliphatic carbocycles. The van der Waals surface area contributed by atoms with Crippen molar-refractivity contribution >= 4 is 17.4 Å². The summed E-state index contributed by atoms with van der Waals surface area (Å²) >= 11 is 6.27. The van der Waals surface area contributed by atoms with E-state index < -0.39 is 0 Å². The van der Waals surface area contributed by atoms with E-state index in [9.17, 15) is 4.79 Å². The van der Waals surface area contributed by atoms with Crippen LogP contribution in [0.3, 0.4) is 0 Å². The Kier molecular flexibility index (Phi) is 6.20. The lowest BCUT2D eigenvalue weighted by Gasteiger charge is -2.17. The third-order valence-corrected chi connectivity index (χ3v) is 3.63. The minimum Gasteiger partial charge on any atom is -0.497 e. The van der Waals surface area contributed by atoms with Gasteiger partial charge < -0.3 is 4.74 Å². The zero-order valence-electron chi connectivity index (χ0n) is 11.3. The lowest BCUT2D eigenvalue weighted by Crippen LogP contribution is -2.03. The smallest absolute Gasteiger partial charge is 0.132 e. The summed E-state index contributed by atoms with van der Waals surface area (Å²) in [5, 5.41) is 0.727. The molecule has 0 saturated heterocycles. The van der Waals surface area contributed by atoms with E-state index in [2.05, 4.69) is 6.92 Å². The first-order valence-corrected chi connectivity index (χ1v) is 6.85. The molecule has 1 aromatic rings. The molecular weight excluding hydrogens is 248 g/mol. The van der Waals surface area contributed by atoms with Crippen LogP contribution >= 0.6 is 11.6 Å². The molecule has 0 fully saturated rings. The van der Waals surface area contributed by atoms with Crippen LogP contribution in [0.5, 0.6) is 5.75 Å². The first kappa shape index (κ1) is 15.0. The molecule has 0 N–H and O–H groups in total. The topological polar surface area (TPSA) is 26.3 Å². The zero-order chi connectivity index (χ0) is 13.5. The van der Waals surface area contributed by atoms with E-state index in [4.69, 9.17) is 16.3 Å². The maximum Gasteiger partial charge on any atom is 0.132 e. The molecule has 1 atom stereocenters. The normalized spacial score (nSPS) is 12.2. The summed E-state index contributed by atoms with van der Waals surface area (Å²) in [6.45, 7) is 4.03. The van der Waals surface area contributed by atoms with Crippen LogP contribution in [0.2, 0.25) is 5.02 Å². The van der Waals surface area contributed by atoms with Gasteiger partial charge in [0.25, 0.3) is 0 Å². The average molecular weight is 269 g/mol. The quantitative estimate of drug-likeness (QED) is 0.722. The summed E-state index contributed by atoms with van der Waals surface area (Å²) in [7, 11) is 1.63. The number of ketones is 1. The van der Waals surface area contributed by atoms with E-state index in [-0.39, 0.29) is 0 Å². The second-order valence-electron chi connectivity index (χ2n) is 4.42. The summed E-state index contributed by atoms with van der Waals surface area (Å²) in [6.07, 6.45) is 3.11. The fourth-order valence-electron chi connectivity index (χ4n) is 2.06. The van der Waals surface area contributed by atoms with Gasteiger partial charge in [0.1, 0.15) is 11.5 Å². The van der Waals surface area contributed by atoms with Gasteiger partial charge in [-0.3, -0.25) is 4.79 Å². The van der Waals surface area contributed by atoms with Crippen LogP contribution in [0.4, 0.5) is 0 Å². The fourth-order valence-corrected chi connectivity index (χ4v) is 2.38. The molecule has 3 heteroatoms. The van der Waals surface area contributed by atoms with Gasteiger partial charge in [-0.2, -0.15) is 0 Å². The Morgan fingerprint density at radius 3 is 2.61 bits per heavy atom. The minimum atomic E-state index is 0.318. The van der Waals surface area contributed by atoms with Gasteiger partial charge >= 0.3 is 0 Å². The van der Waals surface area contributed by atoms with E-state index in [0.717, 1.165) is 29.2 Å². The highest BCUT2D eigenvalue weighted by atomic mass is 35.5. The highest BCUT2D eigenvalue weighted by Gasteiger charge is 2.14. The van der Waals surface area contributed by atoms with Crippen molar-refractivity contribution in [2.24, 2.45) is 0 Å². The van der Waals surface area contributed by atoms with E-state index in [1.165, 1.54) is 0 Å². The molecular formula is C15H21ClO2. The summed E-state index contributed by atoms with van der Waals surface area (Å²) in [5.74, 6) is 1.43. The van der Waals surface area contributed by atoms with Gasteiger partial charge in [-0.1, -0.05) is 31.5 Å². The second kappa shape index (κ2) is 7.42. The van der Waals surface area contributed by atoms with Crippen LogP contribution in [0.1, 0.15) is 51.0 Å². The Balaban J connectivity index is 2.78. The highest BCUT2D eigenvalue weighted by molar-refractivity contribution is 6.31. The summed E-state index contributed by atoms with van der Waals surface area (Å²) in [6, 6.07) is 5.76. The van der Waals surface area contributed by atoms with Gasteiger partial charge in [0, 0.05) is 17.9 Å². The van der Waals surface area contributed by atoms with Gasteiger partial charge in [-0.05, 0) is 36.5 Å². The number of benzene rings is 1. The number of Topliss-reactive ketones (excluding diaryl/α,β-unsaturated/α-hetero) is 1. The molecule has 1 rings (SSSR count). The molecule has 0 aliphatic rings. The molecule has 0 aliphatic heterocycles. The van der Waals surface area contributed by atoms with Crippen LogP contribution in [0.25, 0.3) is 0 Å². The lowest BCUT2D eigenvalue weighted by atomic mass is 9.90. The molecule has 18 heavy (non-hydrogen) atoms. The third kappa shape index (κ3) is 4.02. The van der Waals surface area contributed by atoms with E-state index in [1.807, 2.05) is 25.1 Å². The van der Waals surface area contributed by atoms with E-state index in [1.54, 1.807) is 7.11 Å². The molecule has 0 saturated carbocycles. The summed E-state index contributed by atoms with van der Waals surface area (Å²) < 4.78 is 5.14. The molecule has 100 valence electrons. The van der Waals surface area contributed by atoms with Gasteiger partial charge in [0.05, 0.1) is 7.11 Å². The standard InChI is InChI=1S/C15H21ClO2/c1-4-11(6-7-12(17)5-2)14-9-8-13(18-3)10-15(14)16/h8-11H,4-7H2,1-3H3. The SMILES string of the molecule is CCC(=O)CCC(CC)c1ccc(OC)cc1Cl. The van der Waals surface area contributed by atoms with Crippen LogP contribution in [0, 0.1) is 0 Å². The molecule has 0 radical (unpaired) electrons. The maximum atomic E-state index is 11.4. The van der Waals surface area contributed by atoms with Crippen molar-refractivity contribution in [3.8, 4) is 5.75 Å². The third-order valence-electron chi connectivity index (χ3n) is 3.31. The number of carbonyl (C=O) groups excluding carboxylic acids is 1. The fraction of sp³-hybridized carbons (Fsp3) is 0.533.